The number of carbonyl (C=O) groups is 1. The Hall–Kier alpha value is -1.83. The van der Waals surface area contributed by atoms with Crippen LogP contribution in [0.2, 0.25) is 5.02 Å². The molecule has 0 aliphatic carbocycles. The first-order chi connectivity index (χ1) is 12.0. The van der Waals surface area contributed by atoms with Crippen molar-refractivity contribution in [1.29, 1.82) is 0 Å². The number of fused-ring (bicyclic) bond motifs is 1. The van der Waals surface area contributed by atoms with Gasteiger partial charge in [-0.2, -0.15) is 5.10 Å². The van der Waals surface area contributed by atoms with Crippen molar-refractivity contribution in [1.82, 2.24) is 5.43 Å². The van der Waals surface area contributed by atoms with Crippen LogP contribution in [0.25, 0.3) is 11.0 Å². The number of methoxy groups -OCH3 is 1. The van der Waals surface area contributed by atoms with Crippen LogP contribution >= 0.6 is 43.5 Å². The lowest BCUT2D eigenvalue weighted by atomic mass is 10.2. The number of nitrogens with one attached hydrogen (secondary N) is 1. The fraction of sp³-hybridized carbons (Fsp3) is 0.0588. The summed E-state index contributed by atoms with van der Waals surface area (Å²) in [6, 6.07) is 10.5. The zero-order chi connectivity index (χ0) is 18.0. The monoisotopic (exact) mass is 484 g/mol. The molecule has 0 fully saturated rings. The number of hydrogen-bond acceptors (Lipinski definition) is 4. The number of rotatable bonds is 4. The van der Waals surface area contributed by atoms with E-state index in [4.69, 9.17) is 20.8 Å². The first-order valence-electron chi connectivity index (χ1n) is 7.03. The lowest BCUT2D eigenvalue weighted by Gasteiger charge is -2.04. The molecule has 25 heavy (non-hydrogen) atoms. The largest absolute Gasteiger partial charge is 0.496 e. The molecule has 0 radical (unpaired) electrons. The van der Waals surface area contributed by atoms with Gasteiger partial charge in [0.05, 0.1) is 17.8 Å². The minimum atomic E-state index is -0.462. The lowest BCUT2D eigenvalue weighted by molar-refractivity contribution is 0.0929. The zero-order valence-electron chi connectivity index (χ0n) is 12.8. The average Bonchev–Trinajstić information content (AvgIpc) is 2.99. The summed E-state index contributed by atoms with van der Waals surface area (Å²) in [5.41, 5.74) is 3.66. The van der Waals surface area contributed by atoms with Crippen molar-refractivity contribution in [2.24, 2.45) is 5.10 Å². The molecule has 0 saturated heterocycles. The molecule has 8 heteroatoms. The van der Waals surface area contributed by atoms with Crippen LogP contribution in [0.5, 0.6) is 5.75 Å². The molecule has 0 atom stereocenters. The van der Waals surface area contributed by atoms with Crippen LogP contribution in [0.1, 0.15) is 16.1 Å². The first kappa shape index (κ1) is 18.0. The van der Waals surface area contributed by atoms with Gasteiger partial charge in [-0.25, -0.2) is 5.43 Å². The summed E-state index contributed by atoms with van der Waals surface area (Å²) in [4.78, 5) is 12.2. The standard InChI is InChI=1S/C17H11Br2ClN2O3/c1-24-14-3-2-12(20)5-10(14)8-21-22-17(23)15-6-9-4-11(18)7-13(19)16(9)25-15/h2-8H,1H3,(H,22,23)/b21-8-. The van der Waals surface area contributed by atoms with Crippen molar-refractivity contribution < 1.29 is 13.9 Å². The van der Waals surface area contributed by atoms with Crippen LogP contribution in [0.15, 0.2) is 54.9 Å². The second-order valence-corrected chi connectivity index (χ2v) is 7.21. The van der Waals surface area contributed by atoms with Crippen molar-refractivity contribution in [3.8, 4) is 5.75 Å². The highest BCUT2D eigenvalue weighted by Crippen LogP contribution is 2.31. The molecule has 1 N–H and O–H groups in total. The topological polar surface area (TPSA) is 63.8 Å². The molecule has 0 aliphatic rings. The van der Waals surface area contributed by atoms with E-state index in [1.54, 1.807) is 31.4 Å². The smallest absolute Gasteiger partial charge is 0.307 e. The molecule has 0 saturated carbocycles. The third-order valence-electron chi connectivity index (χ3n) is 3.32. The van der Waals surface area contributed by atoms with Gasteiger partial charge in [0.15, 0.2) is 5.76 Å². The Labute approximate surface area is 165 Å². The number of hydrogen-bond donors (Lipinski definition) is 1. The van der Waals surface area contributed by atoms with Crippen molar-refractivity contribution in [2.75, 3.05) is 7.11 Å². The number of amides is 1. The molecular weight excluding hydrogens is 475 g/mol. The molecule has 0 spiro atoms. The Kier molecular flexibility index (Phi) is 5.46. The van der Waals surface area contributed by atoms with Crippen LogP contribution in [-0.4, -0.2) is 19.2 Å². The molecule has 0 bridgehead atoms. The number of furan rings is 1. The van der Waals surface area contributed by atoms with Gasteiger partial charge < -0.3 is 9.15 Å². The maximum atomic E-state index is 12.2. The molecule has 3 aromatic rings. The number of nitrogens with zero attached hydrogens (tertiary/aromatic N) is 1. The van der Waals surface area contributed by atoms with E-state index in [0.29, 0.717) is 21.9 Å². The Morgan fingerprint density at radius 1 is 1.28 bits per heavy atom. The molecule has 128 valence electrons. The molecule has 1 amide bonds. The number of ether oxygens (including phenoxy) is 1. The summed E-state index contributed by atoms with van der Waals surface area (Å²) in [7, 11) is 1.55. The van der Waals surface area contributed by atoms with Gasteiger partial charge in [0.1, 0.15) is 11.3 Å². The van der Waals surface area contributed by atoms with Crippen LogP contribution in [0.3, 0.4) is 0 Å². The summed E-state index contributed by atoms with van der Waals surface area (Å²) >= 11 is 12.8. The molecule has 1 aromatic heterocycles. The van der Waals surface area contributed by atoms with Gasteiger partial charge in [0.25, 0.3) is 0 Å². The Morgan fingerprint density at radius 3 is 2.84 bits per heavy atom. The van der Waals surface area contributed by atoms with Gasteiger partial charge in [-0.1, -0.05) is 27.5 Å². The van der Waals surface area contributed by atoms with Crippen LogP contribution in [-0.2, 0) is 0 Å². The van der Waals surface area contributed by atoms with Gasteiger partial charge in [-0.15, -0.1) is 0 Å². The molecule has 0 unspecified atom stereocenters. The Bertz CT molecular complexity index is 985. The first-order valence-corrected chi connectivity index (χ1v) is 9.00. The molecule has 1 heterocycles. The number of carbonyl (C=O) groups excluding carboxylic acids is 1. The van der Waals surface area contributed by atoms with Gasteiger partial charge in [-0.05, 0) is 52.3 Å². The van der Waals surface area contributed by atoms with Crippen molar-refractivity contribution in [3.05, 3.63) is 61.7 Å². The van der Waals surface area contributed by atoms with Crippen LogP contribution in [0.4, 0.5) is 0 Å². The number of halogens is 3. The zero-order valence-corrected chi connectivity index (χ0v) is 16.8. The van der Waals surface area contributed by atoms with E-state index < -0.39 is 5.91 Å². The quantitative estimate of drug-likeness (QED) is 0.398. The summed E-state index contributed by atoms with van der Waals surface area (Å²) in [6.45, 7) is 0. The molecule has 0 aliphatic heterocycles. The summed E-state index contributed by atoms with van der Waals surface area (Å²) < 4.78 is 12.4. The van der Waals surface area contributed by atoms with E-state index in [2.05, 4.69) is 42.4 Å². The minimum absolute atomic E-state index is 0.156. The molecule has 5 nitrogen and oxygen atoms in total. The summed E-state index contributed by atoms with van der Waals surface area (Å²) in [5.74, 6) is 0.292. The summed E-state index contributed by atoms with van der Waals surface area (Å²) in [5, 5.41) is 5.27. The van der Waals surface area contributed by atoms with Crippen molar-refractivity contribution in [3.63, 3.8) is 0 Å². The highest BCUT2D eigenvalue weighted by atomic mass is 79.9. The van der Waals surface area contributed by atoms with Crippen LogP contribution in [0, 0.1) is 0 Å². The second kappa shape index (κ2) is 7.59. The van der Waals surface area contributed by atoms with Gasteiger partial charge >= 0.3 is 5.91 Å². The molecular formula is C17H11Br2ClN2O3. The van der Waals surface area contributed by atoms with Crippen molar-refractivity contribution >= 4 is 66.6 Å². The second-order valence-electron chi connectivity index (χ2n) is 5.00. The lowest BCUT2D eigenvalue weighted by Crippen LogP contribution is -2.16. The van der Waals surface area contributed by atoms with Gasteiger partial charge in [0, 0.05) is 20.4 Å². The Morgan fingerprint density at radius 2 is 2.08 bits per heavy atom. The number of benzene rings is 2. The summed E-state index contributed by atoms with van der Waals surface area (Å²) in [6.07, 6.45) is 1.46. The van der Waals surface area contributed by atoms with Gasteiger partial charge in [-0.3, -0.25) is 4.79 Å². The highest BCUT2D eigenvalue weighted by molar-refractivity contribution is 9.11. The van der Waals surface area contributed by atoms with E-state index in [1.165, 1.54) is 6.21 Å². The predicted molar refractivity (Wildman–Crippen MR) is 105 cm³/mol. The number of hydrazone groups is 1. The fourth-order valence-electron chi connectivity index (χ4n) is 2.21. The minimum Gasteiger partial charge on any atom is -0.496 e. The Balaban J connectivity index is 1.79. The molecule has 2 aromatic carbocycles. The van der Waals surface area contributed by atoms with Crippen LogP contribution < -0.4 is 10.2 Å². The third-order valence-corrected chi connectivity index (χ3v) is 4.60. The normalized spacial score (nSPS) is 11.2. The fourth-order valence-corrected chi connectivity index (χ4v) is 3.73. The van der Waals surface area contributed by atoms with E-state index in [0.717, 1.165) is 14.3 Å². The van der Waals surface area contributed by atoms with E-state index in [9.17, 15) is 4.79 Å². The average molecular weight is 487 g/mol. The van der Waals surface area contributed by atoms with Crippen molar-refractivity contribution in [2.45, 2.75) is 0 Å². The molecule has 3 rings (SSSR count). The maximum absolute atomic E-state index is 12.2. The van der Waals surface area contributed by atoms with E-state index >= 15 is 0 Å². The van der Waals surface area contributed by atoms with E-state index in [1.807, 2.05) is 12.1 Å². The van der Waals surface area contributed by atoms with Gasteiger partial charge in [0.2, 0.25) is 0 Å². The SMILES string of the molecule is COc1ccc(Cl)cc1/C=N\NC(=O)c1cc2cc(Br)cc(Br)c2o1. The third kappa shape index (κ3) is 4.05. The maximum Gasteiger partial charge on any atom is 0.307 e. The highest BCUT2D eigenvalue weighted by Gasteiger charge is 2.14. The van der Waals surface area contributed by atoms with E-state index in [-0.39, 0.29) is 5.76 Å². The predicted octanol–water partition coefficient (Wildman–Crippen LogP) is 5.38.